The summed E-state index contributed by atoms with van der Waals surface area (Å²) in [6.45, 7) is 2.82. The number of nitrogens with one attached hydrogen (secondary N) is 1. The molecule has 0 saturated carbocycles. The number of aryl methyl sites for hydroxylation is 1. The third-order valence-corrected chi connectivity index (χ3v) is 6.01. The Bertz CT molecular complexity index is 1030. The summed E-state index contributed by atoms with van der Waals surface area (Å²) in [5.41, 5.74) is 1.29. The molecule has 138 valence electrons. The van der Waals surface area contributed by atoms with Crippen LogP contribution >= 0.6 is 0 Å². The molecule has 0 fully saturated rings. The second-order valence-corrected chi connectivity index (χ2v) is 8.20. The van der Waals surface area contributed by atoms with E-state index in [-0.39, 0.29) is 17.3 Å². The number of nitrogens with zero attached hydrogens (tertiary/aromatic N) is 2. The van der Waals surface area contributed by atoms with E-state index in [0.717, 1.165) is 5.52 Å². The van der Waals surface area contributed by atoms with Gasteiger partial charge in [-0.3, -0.25) is 4.79 Å². The lowest BCUT2D eigenvalue weighted by atomic mass is 10.2. The molecule has 0 aliphatic carbocycles. The van der Waals surface area contributed by atoms with E-state index in [9.17, 15) is 13.2 Å². The van der Waals surface area contributed by atoms with Crippen molar-refractivity contribution in [2.75, 3.05) is 14.1 Å². The number of fused-ring (bicyclic) bond motifs is 1. The van der Waals surface area contributed by atoms with Gasteiger partial charge in [0.1, 0.15) is 11.5 Å². The highest BCUT2D eigenvalue weighted by molar-refractivity contribution is 7.89. The number of amides is 1. The predicted octanol–water partition coefficient (Wildman–Crippen LogP) is 2.43. The van der Waals surface area contributed by atoms with Crippen molar-refractivity contribution in [2.45, 2.75) is 24.9 Å². The van der Waals surface area contributed by atoms with E-state index >= 15 is 0 Å². The number of rotatable bonds is 6. The topological polar surface area (TPSA) is 84.5 Å². The van der Waals surface area contributed by atoms with E-state index in [1.165, 1.54) is 18.4 Å². The fourth-order valence-electron chi connectivity index (χ4n) is 2.82. The molecule has 3 aromatic rings. The van der Waals surface area contributed by atoms with Gasteiger partial charge in [-0.05, 0) is 43.3 Å². The largest absolute Gasteiger partial charge is 0.467 e. The molecule has 3 rings (SSSR count). The zero-order valence-corrected chi connectivity index (χ0v) is 15.7. The summed E-state index contributed by atoms with van der Waals surface area (Å²) in [6.07, 6.45) is 1.55. The molecule has 8 heteroatoms. The minimum Gasteiger partial charge on any atom is -0.467 e. The molecule has 0 atom stereocenters. The molecule has 0 saturated heterocycles. The van der Waals surface area contributed by atoms with Gasteiger partial charge in [0.25, 0.3) is 5.91 Å². The molecule has 0 aliphatic heterocycles. The summed E-state index contributed by atoms with van der Waals surface area (Å²) in [6, 6.07) is 10.2. The van der Waals surface area contributed by atoms with Crippen molar-refractivity contribution in [3.8, 4) is 0 Å². The molecular weight excluding hydrogens is 354 g/mol. The van der Waals surface area contributed by atoms with Crippen LogP contribution in [-0.2, 0) is 23.1 Å². The molecule has 1 N–H and O–H groups in total. The van der Waals surface area contributed by atoms with Crippen LogP contribution in [0.4, 0.5) is 0 Å². The van der Waals surface area contributed by atoms with E-state index in [1.807, 2.05) is 11.5 Å². The smallest absolute Gasteiger partial charge is 0.268 e. The fraction of sp³-hybridized carbons (Fsp3) is 0.278. The molecule has 2 heterocycles. The Morgan fingerprint density at radius 2 is 2.00 bits per heavy atom. The molecule has 0 aliphatic rings. The molecular formula is C18H21N3O4S. The Balaban J connectivity index is 1.96. The van der Waals surface area contributed by atoms with Crippen molar-refractivity contribution in [2.24, 2.45) is 0 Å². The maximum Gasteiger partial charge on any atom is 0.268 e. The fourth-order valence-corrected chi connectivity index (χ4v) is 3.76. The van der Waals surface area contributed by atoms with Crippen LogP contribution in [-0.4, -0.2) is 37.3 Å². The number of hydrogen-bond acceptors (Lipinski definition) is 4. The highest BCUT2D eigenvalue weighted by atomic mass is 32.2. The standard InChI is InChI=1S/C18H21N3O4S/c1-4-21-16-8-7-15(26(23,24)20(2)3)10-13(16)11-17(21)18(22)19-12-14-6-5-9-25-14/h5-11H,4,12H2,1-3H3,(H,19,22). The van der Waals surface area contributed by atoms with Gasteiger partial charge >= 0.3 is 0 Å². The number of aromatic nitrogens is 1. The molecule has 26 heavy (non-hydrogen) atoms. The third kappa shape index (κ3) is 3.25. The molecule has 7 nitrogen and oxygen atoms in total. The average Bonchev–Trinajstić information content (AvgIpc) is 3.25. The van der Waals surface area contributed by atoms with Gasteiger partial charge in [0.15, 0.2) is 0 Å². The van der Waals surface area contributed by atoms with Crippen LogP contribution in [0.3, 0.4) is 0 Å². The van der Waals surface area contributed by atoms with Gasteiger partial charge in [0, 0.05) is 31.5 Å². The first-order valence-corrected chi connectivity index (χ1v) is 9.65. The van der Waals surface area contributed by atoms with Crippen LogP contribution in [0, 0.1) is 0 Å². The minimum absolute atomic E-state index is 0.200. The van der Waals surface area contributed by atoms with Gasteiger partial charge in [-0.1, -0.05) is 0 Å². The zero-order valence-electron chi connectivity index (χ0n) is 14.9. The molecule has 0 radical (unpaired) electrons. The normalized spacial score (nSPS) is 12.0. The highest BCUT2D eigenvalue weighted by Crippen LogP contribution is 2.24. The monoisotopic (exact) mass is 375 g/mol. The second-order valence-electron chi connectivity index (χ2n) is 6.04. The van der Waals surface area contributed by atoms with E-state index in [0.29, 0.717) is 23.4 Å². The molecule has 2 aromatic heterocycles. The van der Waals surface area contributed by atoms with E-state index in [4.69, 9.17) is 4.42 Å². The van der Waals surface area contributed by atoms with Gasteiger partial charge in [-0.15, -0.1) is 0 Å². The number of carbonyl (C=O) groups excluding carboxylic acids is 1. The van der Waals surface area contributed by atoms with E-state index in [2.05, 4.69) is 5.32 Å². The van der Waals surface area contributed by atoms with E-state index < -0.39 is 10.0 Å². The second kappa shape index (κ2) is 6.97. The summed E-state index contributed by atoms with van der Waals surface area (Å²) < 4.78 is 32.9. The van der Waals surface area contributed by atoms with Crippen molar-refractivity contribution < 1.29 is 17.6 Å². The number of hydrogen-bond donors (Lipinski definition) is 1. The van der Waals surface area contributed by atoms with Gasteiger partial charge in [-0.25, -0.2) is 12.7 Å². The molecule has 0 unspecified atom stereocenters. The van der Waals surface area contributed by atoms with Gasteiger partial charge < -0.3 is 14.3 Å². The maximum atomic E-state index is 12.6. The minimum atomic E-state index is -3.53. The zero-order chi connectivity index (χ0) is 18.9. The molecule has 1 aromatic carbocycles. The Hall–Kier alpha value is -2.58. The summed E-state index contributed by atoms with van der Waals surface area (Å²) in [4.78, 5) is 12.8. The number of sulfonamides is 1. The van der Waals surface area contributed by atoms with Crippen LogP contribution in [0.25, 0.3) is 10.9 Å². The third-order valence-electron chi connectivity index (χ3n) is 4.20. The van der Waals surface area contributed by atoms with Crippen LogP contribution < -0.4 is 5.32 Å². The van der Waals surface area contributed by atoms with Crippen LogP contribution in [0.5, 0.6) is 0 Å². The van der Waals surface area contributed by atoms with Crippen molar-refractivity contribution in [1.29, 1.82) is 0 Å². The van der Waals surface area contributed by atoms with E-state index in [1.54, 1.807) is 42.7 Å². The van der Waals surface area contributed by atoms with Crippen molar-refractivity contribution >= 4 is 26.8 Å². The lowest BCUT2D eigenvalue weighted by Gasteiger charge is -2.11. The Morgan fingerprint density at radius 1 is 1.23 bits per heavy atom. The number of benzene rings is 1. The quantitative estimate of drug-likeness (QED) is 0.717. The Kier molecular flexibility index (Phi) is 4.88. The summed E-state index contributed by atoms with van der Waals surface area (Å²) >= 11 is 0. The predicted molar refractivity (Wildman–Crippen MR) is 98.4 cm³/mol. The summed E-state index contributed by atoms with van der Waals surface area (Å²) in [5.74, 6) is 0.424. The Morgan fingerprint density at radius 3 is 2.62 bits per heavy atom. The molecule has 0 bridgehead atoms. The molecule has 0 spiro atoms. The summed E-state index contributed by atoms with van der Waals surface area (Å²) in [5, 5.41) is 3.53. The number of carbonyl (C=O) groups is 1. The SMILES string of the molecule is CCn1c(C(=O)NCc2ccco2)cc2cc(S(=O)(=O)N(C)C)ccc21. The van der Waals surface area contributed by atoms with Crippen molar-refractivity contribution in [1.82, 2.24) is 14.2 Å². The van der Waals surface area contributed by atoms with Crippen LogP contribution in [0.15, 0.2) is 52.0 Å². The number of furan rings is 1. The molecule has 1 amide bonds. The highest BCUT2D eigenvalue weighted by Gasteiger charge is 2.20. The first-order valence-electron chi connectivity index (χ1n) is 8.21. The van der Waals surface area contributed by atoms with Gasteiger partial charge in [0.2, 0.25) is 10.0 Å². The van der Waals surface area contributed by atoms with Crippen LogP contribution in [0.2, 0.25) is 0 Å². The van der Waals surface area contributed by atoms with Crippen LogP contribution in [0.1, 0.15) is 23.2 Å². The van der Waals surface area contributed by atoms with Crippen molar-refractivity contribution in [3.63, 3.8) is 0 Å². The van der Waals surface area contributed by atoms with Gasteiger partial charge in [-0.2, -0.15) is 0 Å². The first-order chi connectivity index (χ1) is 12.3. The summed E-state index contributed by atoms with van der Waals surface area (Å²) in [7, 11) is -0.547. The lowest BCUT2D eigenvalue weighted by Crippen LogP contribution is -2.25. The average molecular weight is 375 g/mol. The van der Waals surface area contributed by atoms with Gasteiger partial charge in [0.05, 0.1) is 17.7 Å². The first kappa shape index (κ1) is 18.2. The maximum absolute atomic E-state index is 12.6. The Labute approximate surface area is 152 Å². The van der Waals surface area contributed by atoms with Crippen molar-refractivity contribution in [3.05, 3.63) is 54.1 Å². The lowest BCUT2D eigenvalue weighted by molar-refractivity contribution is 0.0939.